The number of hydrogen-bond acceptors (Lipinski definition) is 5. The zero-order valence-corrected chi connectivity index (χ0v) is 18.9. The first-order valence-electron chi connectivity index (χ1n) is 9.50. The summed E-state index contributed by atoms with van der Waals surface area (Å²) in [6, 6.07) is 11.1. The first-order valence-corrected chi connectivity index (χ1v) is 11.8. The third kappa shape index (κ3) is 5.72. The molecule has 0 radical (unpaired) electrons. The van der Waals surface area contributed by atoms with Crippen molar-refractivity contribution >= 4 is 33.4 Å². The van der Waals surface area contributed by atoms with Gasteiger partial charge in [-0.3, -0.25) is 4.79 Å². The molecule has 0 aliphatic rings. The summed E-state index contributed by atoms with van der Waals surface area (Å²) in [6.07, 6.45) is 3.57. The van der Waals surface area contributed by atoms with Crippen LogP contribution >= 0.6 is 11.8 Å². The highest BCUT2D eigenvalue weighted by atomic mass is 32.2. The smallest absolute Gasteiger partial charge is 0.244 e. The summed E-state index contributed by atoms with van der Waals surface area (Å²) in [7, 11) is -2.31. The second kappa shape index (κ2) is 9.63. The number of carbonyl (C=O) groups is 1. The Bertz CT molecular complexity index is 1160. The average Bonchev–Trinajstić information content (AvgIpc) is 3.12. The van der Waals surface area contributed by atoms with Crippen molar-refractivity contribution in [2.24, 2.45) is 13.0 Å². The fraction of sp³-hybridized carbons (Fsp3) is 0.238. The fourth-order valence-corrected chi connectivity index (χ4v) is 4.99. The standard InChI is InChI=1S/C21H23FN4O3S2/c1-14(2)19(25-31(28,29)18-7-5-4-6-17(18)22)20(27)24-15-8-10-16(11-9-15)30-21-23-12-13-26(21)3/h4-14,19,25H,1-3H3,(H,24,27)/t19-/m0/s1. The molecule has 0 fully saturated rings. The molecule has 0 unspecified atom stereocenters. The van der Waals surface area contributed by atoms with Gasteiger partial charge in [0.25, 0.3) is 0 Å². The average molecular weight is 463 g/mol. The number of anilines is 1. The van der Waals surface area contributed by atoms with Gasteiger partial charge in [-0.2, -0.15) is 4.72 Å². The lowest BCUT2D eigenvalue weighted by Crippen LogP contribution is -2.47. The molecule has 2 N–H and O–H groups in total. The first kappa shape index (κ1) is 23.0. The molecule has 1 aromatic heterocycles. The van der Waals surface area contributed by atoms with Crippen LogP contribution in [0, 0.1) is 11.7 Å². The van der Waals surface area contributed by atoms with Gasteiger partial charge in [-0.25, -0.2) is 17.8 Å². The quantitative estimate of drug-likeness (QED) is 0.533. The van der Waals surface area contributed by atoms with Gasteiger partial charge in [0.2, 0.25) is 15.9 Å². The number of nitrogens with one attached hydrogen (secondary N) is 2. The number of amides is 1. The maximum atomic E-state index is 14.0. The number of carbonyl (C=O) groups excluding carboxylic acids is 1. The Hall–Kier alpha value is -2.69. The van der Waals surface area contributed by atoms with Gasteiger partial charge in [-0.05, 0) is 42.3 Å². The van der Waals surface area contributed by atoms with Crippen molar-refractivity contribution < 1.29 is 17.6 Å². The molecule has 0 saturated carbocycles. The van der Waals surface area contributed by atoms with Crippen LogP contribution in [0.3, 0.4) is 0 Å². The van der Waals surface area contributed by atoms with Crippen LogP contribution in [0.15, 0.2) is 75.9 Å². The van der Waals surface area contributed by atoms with Gasteiger partial charge in [-0.1, -0.05) is 37.7 Å². The lowest BCUT2D eigenvalue weighted by atomic mass is 10.0. The van der Waals surface area contributed by atoms with Crippen molar-refractivity contribution in [3.63, 3.8) is 0 Å². The minimum atomic E-state index is -4.21. The molecular formula is C21H23FN4O3S2. The van der Waals surface area contributed by atoms with Crippen molar-refractivity contribution in [2.45, 2.75) is 34.8 Å². The second-order valence-corrected chi connectivity index (χ2v) is 9.93. The summed E-state index contributed by atoms with van der Waals surface area (Å²) in [5.41, 5.74) is 0.518. The van der Waals surface area contributed by atoms with Gasteiger partial charge < -0.3 is 9.88 Å². The summed E-state index contributed by atoms with van der Waals surface area (Å²) < 4.78 is 43.4. The number of imidazole rings is 1. The summed E-state index contributed by atoms with van der Waals surface area (Å²) >= 11 is 1.48. The molecule has 31 heavy (non-hydrogen) atoms. The van der Waals surface area contributed by atoms with Gasteiger partial charge in [0.1, 0.15) is 16.8 Å². The van der Waals surface area contributed by atoms with Crippen molar-refractivity contribution in [3.05, 3.63) is 66.7 Å². The molecule has 1 atom stereocenters. The van der Waals surface area contributed by atoms with E-state index in [0.29, 0.717) is 5.69 Å². The second-order valence-electron chi connectivity index (χ2n) is 7.21. The molecular weight excluding hydrogens is 439 g/mol. The largest absolute Gasteiger partial charge is 0.329 e. The topological polar surface area (TPSA) is 93.1 Å². The molecule has 3 aromatic rings. The molecule has 0 bridgehead atoms. The Kier molecular flexibility index (Phi) is 7.14. The number of sulfonamides is 1. The highest BCUT2D eigenvalue weighted by Crippen LogP contribution is 2.27. The van der Waals surface area contributed by atoms with Crippen molar-refractivity contribution in [1.29, 1.82) is 0 Å². The van der Waals surface area contributed by atoms with Crippen molar-refractivity contribution in [2.75, 3.05) is 5.32 Å². The maximum Gasteiger partial charge on any atom is 0.244 e. The molecule has 0 spiro atoms. The van der Waals surface area contributed by atoms with Crippen molar-refractivity contribution in [3.8, 4) is 0 Å². The van der Waals surface area contributed by atoms with Gasteiger partial charge in [-0.15, -0.1) is 0 Å². The van der Waals surface area contributed by atoms with Crippen LogP contribution in [0.25, 0.3) is 0 Å². The summed E-state index contributed by atoms with van der Waals surface area (Å²) in [4.78, 5) is 17.5. The Morgan fingerprint density at radius 2 is 1.81 bits per heavy atom. The van der Waals surface area contributed by atoms with Crippen LogP contribution in [0.4, 0.5) is 10.1 Å². The number of nitrogens with zero attached hydrogens (tertiary/aromatic N) is 2. The number of aryl methyl sites for hydroxylation is 1. The molecule has 2 aromatic carbocycles. The van der Waals surface area contributed by atoms with E-state index in [-0.39, 0.29) is 5.92 Å². The van der Waals surface area contributed by atoms with E-state index < -0.39 is 32.7 Å². The Morgan fingerprint density at radius 3 is 2.39 bits per heavy atom. The number of benzene rings is 2. The fourth-order valence-electron chi connectivity index (χ4n) is 2.77. The summed E-state index contributed by atoms with van der Waals surface area (Å²) in [5.74, 6) is -1.77. The van der Waals surface area contributed by atoms with E-state index in [9.17, 15) is 17.6 Å². The minimum absolute atomic E-state index is 0.361. The Morgan fingerprint density at radius 1 is 1.13 bits per heavy atom. The van der Waals surface area contributed by atoms with Gasteiger partial charge in [0.15, 0.2) is 5.16 Å². The molecule has 1 amide bonds. The van der Waals surface area contributed by atoms with E-state index in [1.807, 2.05) is 29.9 Å². The number of halogens is 1. The van der Waals surface area contributed by atoms with Gasteiger partial charge in [0, 0.05) is 30.0 Å². The highest BCUT2D eigenvalue weighted by Gasteiger charge is 2.29. The number of aromatic nitrogens is 2. The normalized spacial score (nSPS) is 12.7. The maximum absolute atomic E-state index is 14.0. The van der Waals surface area contributed by atoms with E-state index in [1.54, 1.807) is 32.2 Å². The van der Waals surface area contributed by atoms with Gasteiger partial charge in [0.05, 0.1) is 0 Å². The molecule has 7 nitrogen and oxygen atoms in total. The zero-order chi connectivity index (χ0) is 22.6. The predicted octanol–water partition coefficient (Wildman–Crippen LogP) is 3.65. The van der Waals surface area contributed by atoms with Crippen LogP contribution in [0.5, 0.6) is 0 Å². The Labute approximate surface area is 185 Å². The van der Waals surface area contributed by atoms with E-state index >= 15 is 0 Å². The third-order valence-corrected chi connectivity index (χ3v) is 7.02. The summed E-state index contributed by atoms with van der Waals surface area (Å²) in [5, 5.41) is 3.55. The van der Waals surface area contributed by atoms with Gasteiger partial charge >= 0.3 is 0 Å². The lowest BCUT2D eigenvalue weighted by molar-refractivity contribution is -0.118. The molecule has 3 rings (SSSR count). The molecule has 0 aliphatic heterocycles. The summed E-state index contributed by atoms with van der Waals surface area (Å²) in [6.45, 7) is 3.42. The number of hydrogen-bond donors (Lipinski definition) is 2. The van der Waals surface area contributed by atoms with E-state index in [0.717, 1.165) is 22.2 Å². The van der Waals surface area contributed by atoms with E-state index in [4.69, 9.17) is 0 Å². The molecule has 10 heteroatoms. The van der Waals surface area contributed by atoms with Crippen LogP contribution < -0.4 is 10.0 Å². The van der Waals surface area contributed by atoms with Crippen LogP contribution in [-0.2, 0) is 21.9 Å². The molecule has 1 heterocycles. The minimum Gasteiger partial charge on any atom is -0.329 e. The molecule has 0 saturated heterocycles. The van der Waals surface area contributed by atoms with E-state index in [1.165, 1.54) is 23.9 Å². The van der Waals surface area contributed by atoms with Crippen LogP contribution in [0.2, 0.25) is 0 Å². The lowest BCUT2D eigenvalue weighted by Gasteiger charge is -2.22. The predicted molar refractivity (Wildman–Crippen MR) is 118 cm³/mol. The third-order valence-electron chi connectivity index (χ3n) is 4.47. The van der Waals surface area contributed by atoms with E-state index in [2.05, 4.69) is 15.0 Å². The zero-order valence-electron chi connectivity index (χ0n) is 17.2. The van der Waals surface area contributed by atoms with Crippen LogP contribution in [-0.4, -0.2) is 29.9 Å². The highest BCUT2D eigenvalue weighted by molar-refractivity contribution is 7.99. The molecule has 0 aliphatic carbocycles. The van der Waals surface area contributed by atoms with Crippen molar-refractivity contribution in [1.82, 2.24) is 14.3 Å². The number of rotatable bonds is 8. The van der Waals surface area contributed by atoms with Crippen LogP contribution in [0.1, 0.15) is 13.8 Å². The Balaban J connectivity index is 1.71. The first-order chi connectivity index (χ1) is 14.7. The SMILES string of the molecule is CC(C)[C@H](NS(=O)(=O)c1ccccc1F)C(=O)Nc1ccc(Sc2nccn2C)cc1. The molecule has 164 valence electrons. The monoisotopic (exact) mass is 462 g/mol.